The number of fused-ring (bicyclic) bond motifs is 1. The van der Waals surface area contributed by atoms with E-state index >= 15 is 0 Å². The van der Waals surface area contributed by atoms with Crippen LogP contribution in [-0.4, -0.2) is 26.3 Å². The van der Waals surface area contributed by atoms with Gasteiger partial charge in [-0.05, 0) is 43.4 Å². The summed E-state index contributed by atoms with van der Waals surface area (Å²) in [6.07, 6.45) is 0. The lowest BCUT2D eigenvalue weighted by molar-refractivity contribution is 0.590. The zero-order valence-electron chi connectivity index (χ0n) is 17.3. The van der Waals surface area contributed by atoms with Crippen molar-refractivity contribution in [2.45, 2.75) is 47.0 Å². The Kier molecular flexibility index (Phi) is 4.26. The molecule has 3 aromatic rings. The highest BCUT2D eigenvalue weighted by atomic mass is 15.6. The molecule has 0 unspecified atom stereocenters. The average Bonchev–Trinajstić information content (AvgIpc) is 3.15. The molecule has 142 valence electrons. The Morgan fingerprint density at radius 2 is 1.64 bits per heavy atom. The fourth-order valence-corrected chi connectivity index (χ4v) is 3.30. The standard InChI is InChI=1S/C23H25N5/c1-14-7-12-19(15(2)13-14)24-20-16(3)26-28-22(20)25-21(27-28)17-8-10-18(11-9-17)23(4,5)6/h7-13H,1-6H3. The molecule has 0 radical (unpaired) electrons. The van der Waals surface area contributed by atoms with Gasteiger partial charge >= 0.3 is 0 Å². The van der Waals surface area contributed by atoms with Crippen LogP contribution < -0.4 is 0 Å². The molecule has 0 saturated heterocycles. The van der Waals surface area contributed by atoms with Crippen LogP contribution >= 0.6 is 0 Å². The molecule has 1 aliphatic rings. The second-order valence-corrected chi connectivity index (χ2v) is 8.41. The highest BCUT2D eigenvalue weighted by Crippen LogP contribution is 2.27. The third kappa shape index (κ3) is 3.28. The summed E-state index contributed by atoms with van der Waals surface area (Å²) in [5.41, 5.74) is 7.28. The van der Waals surface area contributed by atoms with Gasteiger partial charge in [-0.15, -0.1) is 9.89 Å². The number of nitrogens with zero attached hydrogens (tertiary/aromatic N) is 5. The number of aryl methyl sites for hydroxylation is 2. The summed E-state index contributed by atoms with van der Waals surface area (Å²) in [6, 6.07) is 14.7. The maximum absolute atomic E-state index is 4.84. The predicted molar refractivity (Wildman–Crippen MR) is 115 cm³/mol. The van der Waals surface area contributed by atoms with Gasteiger partial charge in [0.2, 0.25) is 5.82 Å². The van der Waals surface area contributed by atoms with E-state index in [4.69, 9.17) is 9.98 Å². The Labute approximate surface area is 165 Å². The van der Waals surface area contributed by atoms with Crippen LogP contribution in [0.5, 0.6) is 0 Å². The normalized spacial score (nSPS) is 15.1. The highest BCUT2D eigenvalue weighted by Gasteiger charge is 2.25. The first-order chi connectivity index (χ1) is 13.2. The molecule has 0 atom stereocenters. The molecule has 2 aromatic carbocycles. The summed E-state index contributed by atoms with van der Waals surface area (Å²) in [5, 5.41) is 9.08. The summed E-state index contributed by atoms with van der Waals surface area (Å²) in [4.78, 5) is 11.2. The maximum atomic E-state index is 4.84. The fourth-order valence-electron chi connectivity index (χ4n) is 3.30. The molecular weight excluding hydrogens is 346 g/mol. The summed E-state index contributed by atoms with van der Waals surface area (Å²) in [5.74, 6) is 1.35. The molecule has 0 amide bonds. The van der Waals surface area contributed by atoms with E-state index in [2.05, 4.69) is 81.2 Å². The average molecular weight is 371 g/mol. The second kappa shape index (κ2) is 6.51. The molecule has 0 aliphatic carbocycles. The molecule has 0 N–H and O–H groups in total. The van der Waals surface area contributed by atoms with E-state index in [1.807, 2.05) is 13.0 Å². The van der Waals surface area contributed by atoms with Gasteiger partial charge in [0.05, 0.1) is 11.4 Å². The molecule has 0 bridgehead atoms. The lowest BCUT2D eigenvalue weighted by Crippen LogP contribution is -2.10. The molecular formula is C23H25N5. The Hall–Kier alpha value is -3.08. The molecule has 0 saturated carbocycles. The van der Waals surface area contributed by atoms with Crippen molar-refractivity contribution < 1.29 is 0 Å². The molecule has 4 rings (SSSR count). The summed E-state index contributed by atoms with van der Waals surface area (Å²) in [7, 11) is 0. The minimum atomic E-state index is 0.120. The molecule has 1 aliphatic heterocycles. The lowest BCUT2D eigenvalue weighted by atomic mass is 9.87. The van der Waals surface area contributed by atoms with Crippen LogP contribution in [0.4, 0.5) is 5.69 Å². The Bertz CT molecular complexity index is 1110. The van der Waals surface area contributed by atoms with Gasteiger partial charge in [0.25, 0.3) is 0 Å². The Morgan fingerprint density at radius 3 is 2.29 bits per heavy atom. The maximum Gasteiger partial charge on any atom is 0.204 e. The second-order valence-electron chi connectivity index (χ2n) is 8.41. The monoisotopic (exact) mass is 371 g/mol. The van der Waals surface area contributed by atoms with Crippen molar-refractivity contribution in [3.8, 4) is 11.4 Å². The van der Waals surface area contributed by atoms with Crippen molar-refractivity contribution in [1.82, 2.24) is 14.9 Å². The number of hydrogen-bond acceptors (Lipinski definition) is 4. The molecule has 1 aromatic heterocycles. The number of aromatic nitrogens is 3. The van der Waals surface area contributed by atoms with E-state index in [1.54, 1.807) is 4.79 Å². The molecule has 2 heterocycles. The zero-order chi connectivity index (χ0) is 20.1. The van der Waals surface area contributed by atoms with Gasteiger partial charge < -0.3 is 0 Å². The number of hydrogen-bond donors (Lipinski definition) is 0. The van der Waals surface area contributed by atoms with Gasteiger partial charge in [-0.25, -0.2) is 9.98 Å². The molecule has 28 heavy (non-hydrogen) atoms. The van der Waals surface area contributed by atoms with Crippen molar-refractivity contribution in [3.05, 3.63) is 65.0 Å². The molecule has 5 nitrogen and oxygen atoms in total. The third-order valence-electron chi connectivity index (χ3n) is 4.98. The van der Waals surface area contributed by atoms with Crippen LogP contribution in [0.3, 0.4) is 0 Å². The quantitative estimate of drug-likeness (QED) is 0.620. The van der Waals surface area contributed by atoms with Crippen LogP contribution in [0.2, 0.25) is 0 Å². The first-order valence-electron chi connectivity index (χ1n) is 9.52. The van der Waals surface area contributed by atoms with Crippen LogP contribution in [-0.2, 0) is 5.41 Å². The van der Waals surface area contributed by atoms with E-state index in [9.17, 15) is 0 Å². The van der Waals surface area contributed by atoms with Gasteiger partial charge in [-0.2, -0.15) is 5.10 Å². The number of rotatable bonds is 2. The summed E-state index contributed by atoms with van der Waals surface area (Å²) >= 11 is 0. The molecule has 0 spiro atoms. The Morgan fingerprint density at radius 1 is 0.929 bits per heavy atom. The van der Waals surface area contributed by atoms with Crippen molar-refractivity contribution in [1.29, 1.82) is 0 Å². The van der Waals surface area contributed by atoms with Crippen LogP contribution in [0.25, 0.3) is 11.4 Å². The topological polar surface area (TPSA) is 55.4 Å². The number of benzene rings is 2. The molecule has 5 heteroatoms. The predicted octanol–water partition coefficient (Wildman–Crippen LogP) is 5.22. The van der Waals surface area contributed by atoms with E-state index in [0.29, 0.717) is 11.6 Å². The van der Waals surface area contributed by atoms with Crippen LogP contribution in [0, 0.1) is 13.8 Å². The first kappa shape index (κ1) is 18.3. The van der Waals surface area contributed by atoms with Gasteiger partial charge in [0, 0.05) is 5.56 Å². The third-order valence-corrected chi connectivity index (χ3v) is 4.98. The van der Waals surface area contributed by atoms with Crippen molar-refractivity contribution in [3.63, 3.8) is 0 Å². The largest absolute Gasteiger partial charge is 0.243 e. The minimum Gasteiger partial charge on any atom is -0.243 e. The lowest BCUT2D eigenvalue weighted by Gasteiger charge is -2.18. The van der Waals surface area contributed by atoms with Gasteiger partial charge in [-0.1, -0.05) is 62.7 Å². The van der Waals surface area contributed by atoms with Crippen molar-refractivity contribution >= 4 is 17.1 Å². The van der Waals surface area contributed by atoms with Gasteiger partial charge in [0.15, 0.2) is 5.82 Å². The highest BCUT2D eigenvalue weighted by molar-refractivity contribution is 6.48. The minimum absolute atomic E-state index is 0.120. The first-order valence-corrected chi connectivity index (χ1v) is 9.52. The van der Waals surface area contributed by atoms with Crippen molar-refractivity contribution in [2.75, 3.05) is 0 Å². The number of aliphatic imine (C=N–C) groups is 1. The molecule has 0 fully saturated rings. The van der Waals surface area contributed by atoms with Gasteiger partial charge in [0.1, 0.15) is 5.71 Å². The smallest absolute Gasteiger partial charge is 0.204 e. The van der Waals surface area contributed by atoms with Crippen molar-refractivity contribution in [2.24, 2.45) is 10.1 Å². The van der Waals surface area contributed by atoms with Crippen LogP contribution in [0.1, 0.15) is 50.2 Å². The Balaban J connectivity index is 1.72. The fraction of sp³-hybridized carbons (Fsp3) is 0.304. The van der Waals surface area contributed by atoms with Crippen LogP contribution in [0.15, 0.2) is 52.6 Å². The van der Waals surface area contributed by atoms with E-state index in [-0.39, 0.29) is 5.41 Å². The SMILES string of the molecule is CC1=Nn2nc(-c3ccc(C(C)(C)C)cc3)nc2C1=Nc1ccc(C)cc1C. The van der Waals surface area contributed by atoms with E-state index in [0.717, 1.165) is 28.2 Å². The van der Waals surface area contributed by atoms with Gasteiger partial charge in [-0.3, -0.25) is 0 Å². The van der Waals surface area contributed by atoms with E-state index in [1.165, 1.54) is 11.1 Å². The van der Waals surface area contributed by atoms with E-state index < -0.39 is 0 Å². The summed E-state index contributed by atoms with van der Waals surface area (Å²) in [6.45, 7) is 12.7. The summed E-state index contributed by atoms with van der Waals surface area (Å²) < 4.78 is 0. The zero-order valence-corrected chi connectivity index (χ0v) is 17.3.